The van der Waals surface area contributed by atoms with Crippen LogP contribution in [-0.4, -0.2) is 75.1 Å². The zero-order chi connectivity index (χ0) is 29.5. The van der Waals surface area contributed by atoms with Crippen LogP contribution in [0.3, 0.4) is 0 Å². The summed E-state index contributed by atoms with van der Waals surface area (Å²) in [6.07, 6.45) is 18.8. The molecular weight excluding hydrogens is 605 g/mol. The van der Waals surface area contributed by atoms with Gasteiger partial charge < -0.3 is 24.1 Å². The zero-order valence-electron chi connectivity index (χ0n) is 22.7. The normalized spacial score (nSPS) is 26.4. The van der Waals surface area contributed by atoms with Crippen LogP contribution in [0.1, 0.15) is 38.5 Å². The number of carbonyl (C=O) groups excluding carboxylic acids is 3. The van der Waals surface area contributed by atoms with E-state index in [1.165, 1.54) is 35.7 Å². The van der Waals surface area contributed by atoms with Crippen LogP contribution in [-0.2, 0) is 33.3 Å². The van der Waals surface area contributed by atoms with Gasteiger partial charge in [0.05, 0.1) is 0 Å². The van der Waals surface area contributed by atoms with Crippen LogP contribution >= 0.6 is 48.0 Å². The van der Waals surface area contributed by atoms with Crippen molar-refractivity contribution in [1.29, 1.82) is 0 Å². The van der Waals surface area contributed by atoms with E-state index in [1.807, 2.05) is 6.08 Å². The lowest BCUT2D eigenvalue weighted by molar-refractivity contribution is -0.140. The van der Waals surface area contributed by atoms with Gasteiger partial charge in [0.25, 0.3) is 0 Å². The molecule has 5 atom stereocenters. The molecule has 41 heavy (non-hydrogen) atoms. The average Bonchev–Trinajstić information content (AvgIpc) is 3.69. The minimum absolute atomic E-state index is 0.0693. The fourth-order valence-electron chi connectivity index (χ4n) is 4.61. The minimum Gasteiger partial charge on any atom is -0.471 e. The Morgan fingerprint density at radius 1 is 0.805 bits per heavy atom. The van der Waals surface area contributed by atoms with Crippen LogP contribution in [0.5, 0.6) is 0 Å². The van der Waals surface area contributed by atoms with Crippen LogP contribution in [0.25, 0.3) is 0 Å². The first-order valence-electron chi connectivity index (χ1n) is 13.6. The largest absolute Gasteiger partial charge is 0.471 e. The molecule has 3 rings (SSSR count). The SMILES string of the molecule is O=C(/C=C/CC/C=C/C1CC(/C=C/CC/C=C/C(=O)OCC2CSC(=S)O2)C(C(=O)CO)C1)OCC1CSC(=S)O1. The van der Waals surface area contributed by atoms with Gasteiger partial charge in [-0.1, -0.05) is 60.0 Å². The standard InChI is InChI=1S/C29H36O8S4/c30-15-25(31)24-14-20(9-5-1-3-7-11-26(32)34-16-22-18-40-28(38)36-22)13-21(24)10-6-2-4-8-12-27(33)35-17-23-19-41-29(39)37-23/h5-12,20-24,30H,1-4,13-19H2/b9-5+,10-6+,11-7+,12-8+. The van der Waals surface area contributed by atoms with E-state index in [1.54, 1.807) is 12.2 Å². The first kappa shape index (κ1) is 33.5. The van der Waals surface area contributed by atoms with E-state index < -0.39 is 18.5 Å². The Hall–Kier alpha value is -1.99. The van der Waals surface area contributed by atoms with Gasteiger partial charge in [-0.15, -0.1) is 0 Å². The second-order valence-electron chi connectivity index (χ2n) is 9.80. The predicted octanol–water partition coefficient (Wildman–Crippen LogP) is 4.90. The molecule has 12 heteroatoms. The van der Waals surface area contributed by atoms with Gasteiger partial charge in [0, 0.05) is 29.6 Å². The molecule has 1 saturated carbocycles. The Kier molecular flexibility index (Phi) is 15.1. The smallest absolute Gasteiger partial charge is 0.330 e. The molecule has 8 nitrogen and oxygen atoms in total. The molecule has 1 aliphatic carbocycles. The van der Waals surface area contributed by atoms with Crippen LogP contribution in [0.4, 0.5) is 0 Å². The van der Waals surface area contributed by atoms with Gasteiger partial charge in [0.2, 0.25) is 8.77 Å². The number of allylic oxidation sites excluding steroid dienone is 6. The maximum absolute atomic E-state index is 12.3. The molecule has 0 spiro atoms. The lowest BCUT2D eigenvalue weighted by Crippen LogP contribution is -2.20. The number of hydrogen-bond donors (Lipinski definition) is 1. The summed E-state index contributed by atoms with van der Waals surface area (Å²) < 4.78 is 22.0. The highest BCUT2D eigenvalue weighted by Crippen LogP contribution is 2.39. The van der Waals surface area contributed by atoms with Crippen molar-refractivity contribution in [1.82, 2.24) is 0 Å². The molecule has 0 radical (unpaired) electrons. The number of ether oxygens (including phenoxy) is 4. The maximum atomic E-state index is 12.3. The Balaban J connectivity index is 1.31. The van der Waals surface area contributed by atoms with E-state index in [4.69, 9.17) is 43.4 Å². The number of hydrogen-bond acceptors (Lipinski definition) is 12. The molecule has 0 aromatic rings. The van der Waals surface area contributed by atoms with Gasteiger partial charge in [0.1, 0.15) is 32.0 Å². The second-order valence-corrected chi connectivity index (χ2v) is 13.0. The van der Waals surface area contributed by atoms with Crippen LogP contribution in [0.15, 0.2) is 48.6 Å². The van der Waals surface area contributed by atoms with Crippen LogP contribution in [0.2, 0.25) is 0 Å². The average molecular weight is 641 g/mol. The summed E-state index contributed by atoms with van der Waals surface area (Å²) in [6, 6.07) is 0. The molecule has 3 fully saturated rings. The topological polar surface area (TPSA) is 108 Å². The number of esters is 2. The van der Waals surface area contributed by atoms with Gasteiger partial charge in [-0.05, 0) is 74.8 Å². The number of ketones is 1. The lowest BCUT2D eigenvalue weighted by atomic mass is 9.91. The van der Waals surface area contributed by atoms with Crippen LogP contribution in [0, 0.1) is 17.8 Å². The van der Waals surface area contributed by atoms with Crippen molar-refractivity contribution in [2.45, 2.75) is 50.7 Å². The van der Waals surface area contributed by atoms with Gasteiger partial charge in [0.15, 0.2) is 5.78 Å². The number of carbonyl (C=O) groups is 3. The monoisotopic (exact) mass is 640 g/mol. The number of Topliss-reactive ketones (excluding diaryl/α,β-unsaturated/α-hetero) is 1. The van der Waals surface area contributed by atoms with E-state index in [0.29, 0.717) is 39.5 Å². The second kappa shape index (κ2) is 18.5. The summed E-state index contributed by atoms with van der Waals surface area (Å²) in [4.78, 5) is 36.0. The van der Waals surface area contributed by atoms with Crippen molar-refractivity contribution in [3.63, 3.8) is 0 Å². The summed E-state index contributed by atoms with van der Waals surface area (Å²) in [5, 5.41) is 9.43. The number of unbranched alkanes of at least 4 members (excludes halogenated alkanes) is 2. The van der Waals surface area contributed by atoms with Crippen molar-refractivity contribution in [3.05, 3.63) is 48.6 Å². The molecule has 2 heterocycles. The Morgan fingerprint density at radius 2 is 1.32 bits per heavy atom. The van der Waals surface area contributed by atoms with Crippen molar-refractivity contribution >= 4 is 74.4 Å². The Morgan fingerprint density at radius 3 is 1.80 bits per heavy atom. The molecular formula is C29H36O8S4. The van der Waals surface area contributed by atoms with E-state index in [0.717, 1.165) is 19.3 Å². The molecule has 224 valence electrons. The molecule has 5 unspecified atom stereocenters. The highest BCUT2D eigenvalue weighted by molar-refractivity contribution is 8.23. The molecule has 2 aliphatic heterocycles. The highest BCUT2D eigenvalue weighted by atomic mass is 32.2. The van der Waals surface area contributed by atoms with Gasteiger partial charge in [-0.25, -0.2) is 9.59 Å². The number of aliphatic hydroxyl groups is 1. The van der Waals surface area contributed by atoms with Crippen molar-refractivity contribution < 1.29 is 38.4 Å². The van der Waals surface area contributed by atoms with Gasteiger partial charge in [-0.3, -0.25) is 4.79 Å². The third-order valence-electron chi connectivity index (χ3n) is 6.64. The Labute approximate surface area is 260 Å². The molecule has 1 N–H and O–H groups in total. The summed E-state index contributed by atoms with van der Waals surface area (Å²) in [5.74, 6) is 0.577. The van der Waals surface area contributed by atoms with E-state index in [2.05, 4.69) is 18.2 Å². The predicted molar refractivity (Wildman–Crippen MR) is 169 cm³/mol. The van der Waals surface area contributed by atoms with Crippen molar-refractivity contribution in [3.8, 4) is 0 Å². The molecule has 0 aromatic heterocycles. The van der Waals surface area contributed by atoms with E-state index >= 15 is 0 Å². The number of rotatable bonds is 16. The van der Waals surface area contributed by atoms with Crippen molar-refractivity contribution in [2.75, 3.05) is 31.3 Å². The summed E-state index contributed by atoms with van der Waals surface area (Å²) >= 11 is 12.8. The minimum atomic E-state index is -0.452. The third-order valence-corrected chi connectivity index (χ3v) is 9.28. The maximum Gasteiger partial charge on any atom is 0.330 e. The molecule has 3 aliphatic rings. The number of aliphatic hydroxyl groups excluding tert-OH is 1. The fraction of sp³-hybridized carbons (Fsp3) is 0.552. The van der Waals surface area contributed by atoms with E-state index in [-0.39, 0.29) is 49.0 Å². The van der Waals surface area contributed by atoms with E-state index in [9.17, 15) is 19.5 Å². The molecule has 0 amide bonds. The molecule has 0 aromatic carbocycles. The first-order valence-corrected chi connectivity index (χ1v) is 16.4. The molecule has 2 saturated heterocycles. The Bertz CT molecular complexity index is 1050. The lowest BCUT2D eigenvalue weighted by Gasteiger charge is -2.13. The number of thioether (sulfide) groups is 2. The summed E-state index contributed by atoms with van der Waals surface area (Å²) in [5.41, 5.74) is 0. The van der Waals surface area contributed by atoms with Gasteiger partial charge in [-0.2, -0.15) is 0 Å². The zero-order valence-corrected chi connectivity index (χ0v) is 26.0. The van der Waals surface area contributed by atoms with Gasteiger partial charge >= 0.3 is 11.9 Å². The molecule has 0 bridgehead atoms. The van der Waals surface area contributed by atoms with Crippen molar-refractivity contribution in [2.24, 2.45) is 17.8 Å². The highest BCUT2D eigenvalue weighted by Gasteiger charge is 2.35. The van der Waals surface area contributed by atoms with Crippen LogP contribution < -0.4 is 0 Å². The fourth-order valence-corrected chi connectivity index (χ4v) is 6.67. The summed E-state index contributed by atoms with van der Waals surface area (Å²) in [7, 11) is 0. The number of thiocarbonyl (C=S) groups is 2. The first-order chi connectivity index (χ1) is 19.8. The quantitative estimate of drug-likeness (QED) is 0.0816. The third kappa shape index (κ3) is 12.8. The summed E-state index contributed by atoms with van der Waals surface area (Å²) in [6.45, 7) is -0.0734.